The normalized spacial score (nSPS) is 23.2. The SMILES string of the molecule is C=C(Cc1ncc2c(N)ncc(C3=CCCCC3)c2n1)[C@H]1CC[C@H](O)CC1. The Morgan fingerprint density at radius 3 is 2.70 bits per heavy atom. The van der Waals surface area contributed by atoms with E-state index in [1.165, 1.54) is 24.0 Å². The van der Waals surface area contributed by atoms with Crippen LogP contribution in [0.25, 0.3) is 16.5 Å². The number of fused-ring (bicyclic) bond motifs is 1. The summed E-state index contributed by atoms with van der Waals surface area (Å²) >= 11 is 0. The van der Waals surface area contributed by atoms with Crippen LogP contribution in [0.4, 0.5) is 5.82 Å². The highest BCUT2D eigenvalue weighted by atomic mass is 16.3. The molecule has 0 radical (unpaired) electrons. The number of hydrogen-bond donors (Lipinski definition) is 2. The highest BCUT2D eigenvalue weighted by molar-refractivity contribution is 5.95. The minimum Gasteiger partial charge on any atom is -0.393 e. The number of anilines is 1. The summed E-state index contributed by atoms with van der Waals surface area (Å²) in [6.45, 7) is 4.30. The Labute approximate surface area is 160 Å². The molecule has 5 heteroatoms. The lowest BCUT2D eigenvalue weighted by Crippen LogP contribution is -2.20. The molecule has 2 aliphatic carbocycles. The Morgan fingerprint density at radius 2 is 1.96 bits per heavy atom. The van der Waals surface area contributed by atoms with Gasteiger partial charge in [0.25, 0.3) is 0 Å². The van der Waals surface area contributed by atoms with Crippen LogP contribution >= 0.6 is 0 Å². The number of aliphatic hydroxyl groups is 1. The van der Waals surface area contributed by atoms with Crippen molar-refractivity contribution in [2.75, 3.05) is 5.73 Å². The van der Waals surface area contributed by atoms with Crippen molar-refractivity contribution in [2.45, 2.75) is 63.9 Å². The molecule has 142 valence electrons. The van der Waals surface area contributed by atoms with Crippen LogP contribution in [0, 0.1) is 5.92 Å². The Bertz CT molecular complexity index is 881. The fourth-order valence-corrected chi connectivity index (χ4v) is 4.31. The Morgan fingerprint density at radius 1 is 1.15 bits per heavy atom. The lowest BCUT2D eigenvalue weighted by atomic mass is 9.82. The molecule has 0 saturated heterocycles. The van der Waals surface area contributed by atoms with E-state index in [2.05, 4.69) is 22.6 Å². The first-order valence-corrected chi connectivity index (χ1v) is 10.1. The molecular formula is C22H28N4O. The second kappa shape index (κ2) is 7.77. The third-order valence-electron chi connectivity index (χ3n) is 6.00. The molecule has 2 aliphatic rings. The number of nitrogen functional groups attached to an aromatic ring is 1. The van der Waals surface area contributed by atoms with Crippen molar-refractivity contribution in [1.29, 1.82) is 0 Å². The molecule has 27 heavy (non-hydrogen) atoms. The van der Waals surface area contributed by atoms with E-state index < -0.39 is 0 Å². The van der Waals surface area contributed by atoms with Gasteiger partial charge in [0.1, 0.15) is 11.6 Å². The van der Waals surface area contributed by atoms with E-state index in [1.54, 1.807) is 0 Å². The Kier molecular flexibility index (Phi) is 5.21. The Balaban J connectivity index is 1.62. The van der Waals surface area contributed by atoms with Crippen molar-refractivity contribution < 1.29 is 5.11 Å². The van der Waals surface area contributed by atoms with Gasteiger partial charge in [0.15, 0.2) is 0 Å². The van der Waals surface area contributed by atoms with Gasteiger partial charge in [-0.1, -0.05) is 18.2 Å². The smallest absolute Gasteiger partial charge is 0.134 e. The van der Waals surface area contributed by atoms with Gasteiger partial charge in [-0.15, -0.1) is 0 Å². The van der Waals surface area contributed by atoms with Crippen molar-refractivity contribution in [1.82, 2.24) is 15.0 Å². The fraction of sp³-hybridized carbons (Fsp3) is 0.500. The summed E-state index contributed by atoms with van der Waals surface area (Å²) in [5.41, 5.74) is 10.6. The molecule has 2 aromatic heterocycles. The van der Waals surface area contributed by atoms with E-state index in [0.29, 0.717) is 18.2 Å². The zero-order chi connectivity index (χ0) is 18.8. The van der Waals surface area contributed by atoms with Gasteiger partial charge < -0.3 is 10.8 Å². The maximum Gasteiger partial charge on any atom is 0.134 e. The standard InChI is InChI=1S/C22H28N4O/c1-14(15-7-9-17(27)10-8-15)11-20-24-13-19-21(26-20)18(12-25-22(19)23)16-5-3-2-4-6-16/h5,12-13,15,17,27H,1-4,6-11H2,(H2,23,25)/t15-,17-. The fourth-order valence-electron chi connectivity index (χ4n) is 4.31. The van der Waals surface area contributed by atoms with Crippen LogP contribution in [-0.4, -0.2) is 26.2 Å². The maximum atomic E-state index is 9.72. The zero-order valence-electron chi connectivity index (χ0n) is 15.8. The minimum absolute atomic E-state index is 0.146. The summed E-state index contributed by atoms with van der Waals surface area (Å²) in [5.74, 6) is 1.73. The van der Waals surface area contributed by atoms with Crippen LogP contribution in [0.2, 0.25) is 0 Å². The number of nitrogens with two attached hydrogens (primary N) is 1. The lowest BCUT2D eigenvalue weighted by molar-refractivity contribution is 0.115. The summed E-state index contributed by atoms with van der Waals surface area (Å²) in [5, 5.41) is 10.5. The number of allylic oxidation sites excluding steroid dienone is 3. The molecule has 2 aromatic rings. The number of aliphatic hydroxyl groups excluding tert-OH is 1. The van der Waals surface area contributed by atoms with Crippen LogP contribution in [0.1, 0.15) is 62.8 Å². The van der Waals surface area contributed by atoms with Gasteiger partial charge in [0.2, 0.25) is 0 Å². The van der Waals surface area contributed by atoms with Crippen LogP contribution < -0.4 is 5.73 Å². The number of nitrogens with zero attached hydrogens (tertiary/aromatic N) is 3. The second-order valence-corrected chi connectivity index (χ2v) is 7.92. The summed E-state index contributed by atoms with van der Waals surface area (Å²) in [4.78, 5) is 13.8. The monoisotopic (exact) mass is 364 g/mol. The molecule has 4 rings (SSSR count). The molecule has 2 heterocycles. The van der Waals surface area contributed by atoms with Gasteiger partial charge in [-0.05, 0) is 62.9 Å². The van der Waals surface area contributed by atoms with Crippen molar-refractivity contribution in [2.24, 2.45) is 5.92 Å². The highest BCUT2D eigenvalue weighted by Gasteiger charge is 2.22. The number of hydrogen-bond acceptors (Lipinski definition) is 5. The highest BCUT2D eigenvalue weighted by Crippen LogP contribution is 2.33. The first-order valence-electron chi connectivity index (χ1n) is 10.1. The molecule has 0 spiro atoms. The largest absolute Gasteiger partial charge is 0.393 e. The first-order chi connectivity index (χ1) is 13.1. The Hall–Kier alpha value is -2.27. The van der Waals surface area contributed by atoms with Gasteiger partial charge in [-0.3, -0.25) is 0 Å². The summed E-state index contributed by atoms with van der Waals surface area (Å²) in [7, 11) is 0. The molecular weight excluding hydrogens is 336 g/mol. The molecule has 0 amide bonds. The van der Waals surface area contributed by atoms with Crippen molar-refractivity contribution >= 4 is 22.3 Å². The van der Waals surface area contributed by atoms with Gasteiger partial charge in [-0.2, -0.15) is 0 Å². The molecule has 5 nitrogen and oxygen atoms in total. The average molecular weight is 364 g/mol. The third kappa shape index (κ3) is 3.88. The topological polar surface area (TPSA) is 84.9 Å². The van der Waals surface area contributed by atoms with Crippen molar-refractivity contribution in [3.63, 3.8) is 0 Å². The minimum atomic E-state index is -0.146. The average Bonchev–Trinajstić information content (AvgIpc) is 2.69. The van der Waals surface area contributed by atoms with E-state index in [1.807, 2.05) is 12.4 Å². The number of aromatic nitrogens is 3. The molecule has 0 aromatic carbocycles. The summed E-state index contributed by atoms with van der Waals surface area (Å²) in [6.07, 6.45) is 14.9. The van der Waals surface area contributed by atoms with Crippen LogP contribution in [-0.2, 0) is 6.42 Å². The van der Waals surface area contributed by atoms with E-state index >= 15 is 0 Å². The van der Waals surface area contributed by atoms with Gasteiger partial charge >= 0.3 is 0 Å². The quantitative estimate of drug-likeness (QED) is 0.794. The van der Waals surface area contributed by atoms with Gasteiger partial charge in [-0.25, -0.2) is 15.0 Å². The van der Waals surface area contributed by atoms with Gasteiger partial charge in [0.05, 0.1) is 17.0 Å². The molecule has 1 saturated carbocycles. The summed E-state index contributed by atoms with van der Waals surface area (Å²) in [6, 6.07) is 0. The van der Waals surface area contributed by atoms with Crippen molar-refractivity contribution in [3.05, 3.63) is 42.0 Å². The number of pyridine rings is 1. The molecule has 0 bridgehead atoms. The van der Waals surface area contributed by atoms with E-state index in [9.17, 15) is 5.11 Å². The molecule has 0 atom stereocenters. The predicted molar refractivity (Wildman–Crippen MR) is 109 cm³/mol. The molecule has 0 unspecified atom stereocenters. The first kappa shape index (κ1) is 18.1. The second-order valence-electron chi connectivity index (χ2n) is 7.92. The van der Waals surface area contributed by atoms with Crippen LogP contribution in [0.15, 0.2) is 30.6 Å². The molecule has 1 fully saturated rings. The van der Waals surface area contributed by atoms with E-state index in [0.717, 1.165) is 60.8 Å². The van der Waals surface area contributed by atoms with Crippen LogP contribution in [0.5, 0.6) is 0 Å². The number of rotatable bonds is 4. The van der Waals surface area contributed by atoms with Gasteiger partial charge in [0, 0.05) is 24.4 Å². The van der Waals surface area contributed by atoms with E-state index in [4.69, 9.17) is 10.7 Å². The molecule has 0 aliphatic heterocycles. The van der Waals surface area contributed by atoms with Crippen LogP contribution in [0.3, 0.4) is 0 Å². The molecule has 3 N–H and O–H groups in total. The summed E-state index contributed by atoms with van der Waals surface area (Å²) < 4.78 is 0. The third-order valence-corrected chi connectivity index (χ3v) is 6.00. The lowest BCUT2D eigenvalue weighted by Gasteiger charge is -2.26. The van der Waals surface area contributed by atoms with E-state index in [-0.39, 0.29) is 6.10 Å². The maximum absolute atomic E-state index is 9.72. The zero-order valence-corrected chi connectivity index (χ0v) is 15.8. The predicted octanol–water partition coefficient (Wildman–Crippen LogP) is 4.21. The van der Waals surface area contributed by atoms with Crippen molar-refractivity contribution in [3.8, 4) is 0 Å².